The fraction of sp³-hybridized carbons (Fsp3) is 0.462. The number of benzene rings is 1. The van der Waals surface area contributed by atoms with Crippen molar-refractivity contribution in [1.29, 1.82) is 0 Å². The van der Waals surface area contributed by atoms with Gasteiger partial charge in [-0.05, 0) is 24.1 Å². The molecule has 0 aromatic heterocycles. The van der Waals surface area contributed by atoms with E-state index in [-0.39, 0.29) is 12.6 Å². The zero-order valence-corrected chi connectivity index (χ0v) is 11.6. The van der Waals surface area contributed by atoms with Crippen LogP contribution in [0.5, 0.6) is 0 Å². The Morgan fingerprint density at radius 3 is 2.84 bits per heavy atom. The summed E-state index contributed by atoms with van der Waals surface area (Å²) in [5, 5.41) is 12.7. The van der Waals surface area contributed by atoms with Crippen LogP contribution in [0.25, 0.3) is 0 Å². The van der Waals surface area contributed by atoms with E-state index >= 15 is 0 Å². The molecule has 1 rings (SSSR count). The number of nitrogens with one attached hydrogen (secondary N) is 1. The summed E-state index contributed by atoms with van der Waals surface area (Å²) in [6.07, 6.45) is 0.602. The summed E-state index contributed by atoms with van der Waals surface area (Å²) >= 11 is 6.08. The molecule has 1 aromatic rings. The number of hydrogen-bond acceptors (Lipinski definition) is 4. The van der Waals surface area contributed by atoms with E-state index in [1.54, 1.807) is 25.3 Å². The van der Waals surface area contributed by atoms with Crippen LogP contribution in [0.3, 0.4) is 0 Å². The van der Waals surface area contributed by atoms with Crippen molar-refractivity contribution in [2.75, 3.05) is 20.3 Å². The first-order valence-corrected chi connectivity index (χ1v) is 6.37. The summed E-state index contributed by atoms with van der Waals surface area (Å²) in [5.41, 5.74) is 6.43. The number of carbonyl (C=O) groups excluding carboxylic acids is 1. The molecule has 0 saturated carbocycles. The minimum atomic E-state index is -0.501. The lowest BCUT2D eigenvalue weighted by atomic mass is 10.1. The number of nitrogens with two attached hydrogens (primary N) is 1. The quantitative estimate of drug-likeness (QED) is 0.664. The first-order chi connectivity index (χ1) is 9.08. The Morgan fingerprint density at radius 1 is 1.58 bits per heavy atom. The normalized spacial score (nSPS) is 12.4. The Bertz CT molecular complexity index is 420. The second kappa shape index (κ2) is 8.12. The Balaban J connectivity index is 2.63. The van der Waals surface area contributed by atoms with Crippen LogP contribution in [0.15, 0.2) is 18.2 Å². The molecule has 0 bridgehead atoms. The van der Waals surface area contributed by atoms with Gasteiger partial charge in [-0.2, -0.15) is 0 Å². The summed E-state index contributed by atoms with van der Waals surface area (Å²) < 4.78 is 5.06. The number of amides is 1. The molecule has 0 spiro atoms. The van der Waals surface area contributed by atoms with Gasteiger partial charge in [0.1, 0.15) is 0 Å². The highest BCUT2D eigenvalue weighted by Crippen LogP contribution is 2.18. The van der Waals surface area contributed by atoms with E-state index in [9.17, 15) is 4.79 Å². The molecule has 0 aliphatic carbocycles. The predicted octanol–water partition coefficient (Wildman–Crippen LogP) is 0.926. The standard InChI is InChI=1S/C13H19ClN2O3/c1-19-8-11(4-5-17)16-7-10-3-2-9(13(15)18)6-12(10)14/h2-3,6,11,16-17H,4-5,7-8H2,1H3,(H2,15,18). The van der Waals surface area contributed by atoms with E-state index in [1.165, 1.54) is 0 Å². The predicted molar refractivity (Wildman–Crippen MR) is 74.2 cm³/mol. The number of primary amides is 1. The monoisotopic (exact) mass is 286 g/mol. The first-order valence-electron chi connectivity index (χ1n) is 6.00. The van der Waals surface area contributed by atoms with Crippen LogP contribution in [0, 0.1) is 0 Å². The molecule has 0 aliphatic heterocycles. The molecule has 5 nitrogen and oxygen atoms in total. The van der Waals surface area contributed by atoms with Crippen LogP contribution in [0.2, 0.25) is 5.02 Å². The number of ether oxygens (including phenoxy) is 1. The van der Waals surface area contributed by atoms with Crippen molar-refractivity contribution in [3.8, 4) is 0 Å². The van der Waals surface area contributed by atoms with E-state index in [4.69, 9.17) is 27.2 Å². The molecule has 19 heavy (non-hydrogen) atoms. The van der Waals surface area contributed by atoms with Gasteiger partial charge in [0.2, 0.25) is 5.91 Å². The van der Waals surface area contributed by atoms with E-state index in [0.717, 1.165) is 5.56 Å². The van der Waals surface area contributed by atoms with Crippen molar-refractivity contribution in [3.63, 3.8) is 0 Å². The van der Waals surface area contributed by atoms with Gasteiger partial charge >= 0.3 is 0 Å². The molecule has 106 valence electrons. The molecule has 1 unspecified atom stereocenters. The molecule has 6 heteroatoms. The summed E-state index contributed by atoms with van der Waals surface area (Å²) in [5.74, 6) is -0.501. The number of hydrogen-bond donors (Lipinski definition) is 3. The van der Waals surface area contributed by atoms with Crippen molar-refractivity contribution < 1.29 is 14.6 Å². The minimum Gasteiger partial charge on any atom is -0.396 e. The molecule has 1 aromatic carbocycles. The van der Waals surface area contributed by atoms with Crippen molar-refractivity contribution >= 4 is 17.5 Å². The maximum Gasteiger partial charge on any atom is 0.248 e. The van der Waals surface area contributed by atoms with E-state index in [0.29, 0.717) is 30.2 Å². The smallest absolute Gasteiger partial charge is 0.248 e. The largest absolute Gasteiger partial charge is 0.396 e. The van der Waals surface area contributed by atoms with Crippen molar-refractivity contribution in [2.24, 2.45) is 5.73 Å². The molecule has 0 fully saturated rings. The van der Waals surface area contributed by atoms with Crippen LogP contribution in [-0.4, -0.2) is 37.4 Å². The molecule has 1 atom stereocenters. The highest BCUT2D eigenvalue weighted by molar-refractivity contribution is 6.31. The van der Waals surface area contributed by atoms with E-state index in [1.807, 2.05) is 0 Å². The maximum atomic E-state index is 11.0. The van der Waals surface area contributed by atoms with Gasteiger partial charge < -0.3 is 20.9 Å². The number of halogens is 1. The third-order valence-electron chi connectivity index (χ3n) is 2.76. The zero-order chi connectivity index (χ0) is 14.3. The molecule has 0 heterocycles. The second-order valence-electron chi connectivity index (χ2n) is 4.22. The van der Waals surface area contributed by atoms with Gasteiger partial charge in [-0.25, -0.2) is 0 Å². The van der Waals surface area contributed by atoms with Crippen LogP contribution in [0.1, 0.15) is 22.3 Å². The molecule has 0 aliphatic rings. The summed E-state index contributed by atoms with van der Waals surface area (Å²) in [7, 11) is 1.61. The summed E-state index contributed by atoms with van der Waals surface area (Å²) in [6, 6.07) is 5.01. The van der Waals surface area contributed by atoms with Gasteiger partial charge in [0, 0.05) is 36.9 Å². The Hall–Kier alpha value is -1.14. The summed E-state index contributed by atoms with van der Waals surface area (Å²) in [4.78, 5) is 11.0. The zero-order valence-electron chi connectivity index (χ0n) is 10.9. The molecule has 1 amide bonds. The Kier molecular flexibility index (Phi) is 6.80. The van der Waals surface area contributed by atoms with Gasteiger partial charge in [0.25, 0.3) is 0 Å². The molecule has 0 saturated heterocycles. The number of rotatable bonds is 8. The lowest BCUT2D eigenvalue weighted by Gasteiger charge is -2.17. The minimum absolute atomic E-state index is 0.0573. The topological polar surface area (TPSA) is 84.6 Å². The molecular weight excluding hydrogens is 268 g/mol. The molecule has 0 radical (unpaired) electrons. The van der Waals surface area contributed by atoms with Crippen LogP contribution in [0.4, 0.5) is 0 Å². The SMILES string of the molecule is COCC(CCO)NCc1ccc(C(N)=O)cc1Cl. The third kappa shape index (κ3) is 5.16. The highest BCUT2D eigenvalue weighted by Gasteiger charge is 2.10. The van der Waals surface area contributed by atoms with Crippen molar-refractivity contribution in [3.05, 3.63) is 34.3 Å². The lowest BCUT2D eigenvalue weighted by molar-refractivity contribution is 0.100. The van der Waals surface area contributed by atoms with Gasteiger partial charge in [-0.3, -0.25) is 4.79 Å². The Morgan fingerprint density at radius 2 is 2.32 bits per heavy atom. The van der Waals surface area contributed by atoms with Gasteiger partial charge in [-0.15, -0.1) is 0 Å². The average molecular weight is 287 g/mol. The summed E-state index contributed by atoms with van der Waals surface area (Å²) in [6.45, 7) is 1.14. The van der Waals surface area contributed by atoms with E-state index in [2.05, 4.69) is 5.32 Å². The average Bonchev–Trinajstić information content (AvgIpc) is 2.37. The number of aliphatic hydroxyl groups is 1. The van der Waals surface area contributed by atoms with E-state index < -0.39 is 5.91 Å². The number of methoxy groups -OCH3 is 1. The van der Waals surface area contributed by atoms with Gasteiger partial charge in [0.05, 0.1) is 6.61 Å². The van der Waals surface area contributed by atoms with Crippen LogP contribution < -0.4 is 11.1 Å². The lowest BCUT2D eigenvalue weighted by Crippen LogP contribution is -2.33. The highest BCUT2D eigenvalue weighted by atomic mass is 35.5. The van der Waals surface area contributed by atoms with Crippen LogP contribution in [-0.2, 0) is 11.3 Å². The fourth-order valence-corrected chi connectivity index (χ4v) is 1.95. The fourth-order valence-electron chi connectivity index (χ4n) is 1.70. The maximum absolute atomic E-state index is 11.0. The van der Waals surface area contributed by atoms with Crippen molar-refractivity contribution in [2.45, 2.75) is 19.0 Å². The molecule has 4 N–H and O–H groups in total. The van der Waals surface area contributed by atoms with Crippen LogP contribution >= 0.6 is 11.6 Å². The number of aliphatic hydroxyl groups excluding tert-OH is 1. The third-order valence-corrected chi connectivity index (χ3v) is 3.12. The first kappa shape index (κ1) is 15.9. The van der Waals surface area contributed by atoms with Gasteiger partial charge in [-0.1, -0.05) is 17.7 Å². The second-order valence-corrected chi connectivity index (χ2v) is 4.62. The molecular formula is C13H19ClN2O3. The Labute approximate surface area is 117 Å². The van der Waals surface area contributed by atoms with Crippen molar-refractivity contribution in [1.82, 2.24) is 5.32 Å². The number of carbonyl (C=O) groups is 1. The van der Waals surface area contributed by atoms with Gasteiger partial charge in [0.15, 0.2) is 0 Å².